The summed E-state index contributed by atoms with van der Waals surface area (Å²) in [6, 6.07) is 18.5. The predicted octanol–water partition coefficient (Wildman–Crippen LogP) is 5.77. The van der Waals surface area contributed by atoms with Crippen LogP contribution in [0, 0.1) is 6.92 Å². The summed E-state index contributed by atoms with van der Waals surface area (Å²) in [5.74, 6) is 0.159. The van der Waals surface area contributed by atoms with E-state index in [1.807, 2.05) is 55.5 Å². The van der Waals surface area contributed by atoms with Gasteiger partial charge >= 0.3 is 5.97 Å². The van der Waals surface area contributed by atoms with E-state index >= 15 is 0 Å². The van der Waals surface area contributed by atoms with Gasteiger partial charge in [0.05, 0.1) is 0 Å². The topological polar surface area (TPSA) is 39.4 Å². The van der Waals surface area contributed by atoms with Crippen molar-refractivity contribution in [3.8, 4) is 5.75 Å². The van der Waals surface area contributed by atoms with Crippen LogP contribution in [-0.4, -0.2) is 5.97 Å². The lowest BCUT2D eigenvalue weighted by Gasteiger charge is -2.08. The summed E-state index contributed by atoms with van der Waals surface area (Å²) in [6.07, 6.45) is 0. The molecule has 1 aromatic heterocycles. The molecule has 0 radical (unpaired) electrons. The van der Waals surface area contributed by atoms with Crippen LogP contribution in [0.15, 0.2) is 65.1 Å². The number of hydrogen-bond acceptors (Lipinski definition) is 3. The van der Waals surface area contributed by atoms with E-state index < -0.39 is 5.97 Å². The first-order chi connectivity index (χ1) is 11.6. The van der Waals surface area contributed by atoms with E-state index in [4.69, 9.17) is 20.8 Å². The number of ether oxygens (including phenoxy) is 1. The first-order valence-corrected chi connectivity index (χ1v) is 7.90. The van der Waals surface area contributed by atoms with Gasteiger partial charge in [0.25, 0.3) is 0 Å². The molecule has 0 aliphatic heterocycles. The Balaban J connectivity index is 1.76. The minimum atomic E-state index is -0.517. The average molecular weight is 337 g/mol. The van der Waals surface area contributed by atoms with Crippen LogP contribution < -0.4 is 4.74 Å². The molecule has 0 amide bonds. The number of rotatable bonds is 2. The van der Waals surface area contributed by atoms with Crippen molar-refractivity contribution in [1.29, 1.82) is 0 Å². The molecule has 0 bridgehead atoms. The summed E-state index contributed by atoms with van der Waals surface area (Å²) in [6.45, 7) is 1.85. The standard InChI is InChI=1S/C20H13ClO3/c1-12-13-6-4-5-9-17(13)23-19(12)20(22)24-18-11-10-16(21)14-7-2-3-8-15(14)18/h2-11H,1H3. The highest BCUT2D eigenvalue weighted by Gasteiger charge is 2.20. The zero-order valence-corrected chi connectivity index (χ0v) is 13.6. The van der Waals surface area contributed by atoms with Gasteiger partial charge in [-0.05, 0) is 25.1 Å². The summed E-state index contributed by atoms with van der Waals surface area (Å²) < 4.78 is 11.3. The number of para-hydroxylation sites is 1. The van der Waals surface area contributed by atoms with E-state index in [1.165, 1.54) is 0 Å². The Kier molecular flexibility index (Phi) is 3.51. The second-order valence-electron chi connectivity index (χ2n) is 5.53. The van der Waals surface area contributed by atoms with Crippen LogP contribution in [-0.2, 0) is 0 Å². The van der Waals surface area contributed by atoms with Gasteiger partial charge in [0, 0.05) is 26.7 Å². The van der Waals surface area contributed by atoms with E-state index in [-0.39, 0.29) is 5.76 Å². The maximum atomic E-state index is 12.6. The molecule has 0 atom stereocenters. The fraction of sp³-hybridized carbons (Fsp3) is 0.0500. The normalized spacial score (nSPS) is 11.1. The molecule has 0 saturated heterocycles. The molecule has 4 aromatic rings. The summed E-state index contributed by atoms with van der Waals surface area (Å²) in [7, 11) is 0. The first-order valence-electron chi connectivity index (χ1n) is 7.52. The molecule has 3 aromatic carbocycles. The van der Waals surface area contributed by atoms with Crippen molar-refractivity contribution >= 4 is 39.3 Å². The fourth-order valence-electron chi connectivity index (χ4n) is 2.84. The van der Waals surface area contributed by atoms with Gasteiger partial charge in [0.15, 0.2) is 0 Å². The monoisotopic (exact) mass is 336 g/mol. The molecule has 4 rings (SSSR count). The SMILES string of the molecule is Cc1c(C(=O)Oc2ccc(Cl)c3ccccc23)oc2ccccc12. The Labute approximate surface area is 143 Å². The fourth-order valence-corrected chi connectivity index (χ4v) is 3.07. The van der Waals surface area contributed by atoms with Crippen LogP contribution in [0.25, 0.3) is 21.7 Å². The molecule has 0 spiro atoms. The quantitative estimate of drug-likeness (QED) is 0.345. The molecule has 0 N–H and O–H groups in total. The number of benzene rings is 3. The third-order valence-electron chi connectivity index (χ3n) is 4.06. The number of esters is 1. The number of carbonyl (C=O) groups excluding carboxylic acids is 1. The van der Waals surface area contributed by atoms with E-state index in [9.17, 15) is 4.79 Å². The first kappa shape index (κ1) is 14.8. The van der Waals surface area contributed by atoms with Gasteiger partial charge in [-0.3, -0.25) is 0 Å². The molecule has 0 unspecified atom stereocenters. The van der Waals surface area contributed by atoms with Gasteiger partial charge in [-0.15, -0.1) is 0 Å². The van der Waals surface area contributed by atoms with Gasteiger partial charge in [0.1, 0.15) is 11.3 Å². The largest absolute Gasteiger partial charge is 0.449 e. The van der Waals surface area contributed by atoms with E-state index in [2.05, 4.69) is 0 Å². The molecule has 0 saturated carbocycles. The Hall–Kier alpha value is -2.78. The van der Waals surface area contributed by atoms with Crippen molar-refractivity contribution in [2.24, 2.45) is 0 Å². The minimum Gasteiger partial charge on any atom is -0.449 e. The lowest BCUT2D eigenvalue weighted by molar-refractivity contribution is 0.0705. The summed E-state index contributed by atoms with van der Waals surface area (Å²) in [5, 5.41) is 3.15. The number of fused-ring (bicyclic) bond motifs is 2. The van der Waals surface area contributed by atoms with Crippen molar-refractivity contribution in [3.63, 3.8) is 0 Å². The molecule has 4 heteroatoms. The Bertz CT molecular complexity index is 1080. The van der Waals surface area contributed by atoms with Crippen LogP contribution in [0.2, 0.25) is 5.02 Å². The molecule has 0 fully saturated rings. The van der Waals surface area contributed by atoms with Crippen LogP contribution >= 0.6 is 11.6 Å². The highest BCUT2D eigenvalue weighted by Crippen LogP contribution is 2.32. The van der Waals surface area contributed by atoms with Gasteiger partial charge in [0.2, 0.25) is 5.76 Å². The zero-order chi connectivity index (χ0) is 16.7. The van der Waals surface area contributed by atoms with Gasteiger partial charge in [-0.1, -0.05) is 54.1 Å². The summed E-state index contributed by atoms with van der Waals surface area (Å²) in [4.78, 5) is 12.6. The maximum Gasteiger partial charge on any atom is 0.379 e. The van der Waals surface area contributed by atoms with Gasteiger partial charge < -0.3 is 9.15 Å². The average Bonchev–Trinajstić information content (AvgIpc) is 2.95. The lowest BCUT2D eigenvalue weighted by Crippen LogP contribution is -2.09. The second-order valence-corrected chi connectivity index (χ2v) is 5.94. The second kappa shape index (κ2) is 5.69. The van der Waals surface area contributed by atoms with Crippen molar-refractivity contribution in [2.75, 3.05) is 0 Å². The predicted molar refractivity (Wildman–Crippen MR) is 94.9 cm³/mol. The number of aryl methyl sites for hydroxylation is 1. The summed E-state index contributed by atoms with van der Waals surface area (Å²) in [5.41, 5.74) is 1.44. The molecule has 3 nitrogen and oxygen atoms in total. The van der Waals surface area contributed by atoms with Crippen LogP contribution in [0.5, 0.6) is 5.75 Å². The number of halogens is 1. The Morgan fingerprint density at radius 3 is 2.33 bits per heavy atom. The summed E-state index contributed by atoms with van der Waals surface area (Å²) >= 11 is 6.20. The molecular formula is C20H13ClO3. The number of furan rings is 1. The lowest BCUT2D eigenvalue weighted by atomic mass is 10.1. The molecule has 0 aliphatic rings. The Morgan fingerprint density at radius 1 is 0.917 bits per heavy atom. The van der Waals surface area contributed by atoms with Crippen molar-refractivity contribution in [2.45, 2.75) is 6.92 Å². The highest BCUT2D eigenvalue weighted by molar-refractivity contribution is 6.35. The molecule has 24 heavy (non-hydrogen) atoms. The van der Waals surface area contributed by atoms with Crippen LogP contribution in [0.4, 0.5) is 0 Å². The Morgan fingerprint density at radius 2 is 1.58 bits per heavy atom. The highest BCUT2D eigenvalue weighted by atomic mass is 35.5. The third-order valence-corrected chi connectivity index (χ3v) is 4.39. The van der Waals surface area contributed by atoms with Crippen molar-refractivity contribution in [1.82, 2.24) is 0 Å². The van der Waals surface area contributed by atoms with E-state index in [0.717, 1.165) is 21.7 Å². The van der Waals surface area contributed by atoms with Crippen LogP contribution in [0.1, 0.15) is 16.1 Å². The zero-order valence-electron chi connectivity index (χ0n) is 12.9. The van der Waals surface area contributed by atoms with E-state index in [1.54, 1.807) is 12.1 Å². The van der Waals surface area contributed by atoms with Crippen LogP contribution in [0.3, 0.4) is 0 Å². The molecule has 0 aliphatic carbocycles. The maximum absolute atomic E-state index is 12.6. The smallest absolute Gasteiger partial charge is 0.379 e. The molecule has 1 heterocycles. The number of carbonyl (C=O) groups is 1. The number of hydrogen-bond donors (Lipinski definition) is 0. The third kappa shape index (κ3) is 2.34. The van der Waals surface area contributed by atoms with E-state index in [0.29, 0.717) is 16.4 Å². The van der Waals surface area contributed by atoms with Crippen molar-refractivity contribution < 1.29 is 13.9 Å². The molecular weight excluding hydrogens is 324 g/mol. The van der Waals surface area contributed by atoms with Gasteiger partial charge in [-0.2, -0.15) is 0 Å². The van der Waals surface area contributed by atoms with Crippen molar-refractivity contribution in [3.05, 3.63) is 77.0 Å². The molecule has 118 valence electrons. The van der Waals surface area contributed by atoms with Gasteiger partial charge in [-0.25, -0.2) is 4.79 Å². The minimum absolute atomic E-state index is 0.218.